The number of aromatic amines is 1. The maximum absolute atomic E-state index is 12.2. The van der Waals surface area contributed by atoms with Gasteiger partial charge in [-0.1, -0.05) is 12.1 Å². The molecule has 8 nitrogen and oxygen atoms in total. The lowest BCUT2D eigenvalue weighted by Gasteiger charge is -2.11. The summed E-state index contributed by atoms with van der Waals surface area (Å²) < 4.78 is 5.09. The number of carbonyl (C=O) groups is 1. The lowest BCUT2D eigenvalue weighted by atomic mass is 9.98. The van der Waals surface area contributed by atoms with Gasteiger partial charge in [0.15, 0.2) is 11.6 Å². The van der Waals surface area contributed by atoms with Crippen LogP contribution in [0.15, 0.2) is 71.6 Å². The molecule has 4 rings (SSSR count). The third-order valence-corrected chi connectivity index (χ3v) is 4.17. The van der Waals surface area contributed by atoms with Gasteiger partial charge in [-0.05, 0) is 42.5 Å². The summed E-state index contributed by atoms with van der Waals surface area (Å²) in [5.41, 5.74) is 9.29. The molecular weight excluding hydrogens is 356 g/mol. The van der Waals surface area contributed by atoms with Crippen LogP contribution in [0.25, 0.3) is 11.4 Å². The number of hydrogen-bond donors (Lipinski definition) is 4. The van der Waals surface area contributed by atoms with E-state index in [4.69, 9.17) is 15.6 Å². The van der Waals surface area contributed by atoms with Crippen molar-refractivity contribution in [3.63, 3.8) is 0 Å². The van der Waals surface area contributed by atoms with Gasteiger partial charge in [0.2, 0.25) is 0 Å². The van der Waals surface area contributed by atoms with E-state index in [9.17, 15) is 4.79 Å². The van der Waals surface area contributed by atoms with Crippen molar-refractivity contribution in [2.45, 2.75) is 0 Å². The molecule has 0 spiro atoms. The Balaban J connectivity index is 1.62. The summed E-state index contributed by atoms with van der Waals surface area (Å²) in [6.45, 7) is 0. The number of nitrogens with zero attached hydrogens (tertiary/aromatic N) is 2. The number of anilines is 2. The van der Waals surface area contributed by atoms with Crippen molar-refractivity contribution >= 4 is 23.0 Å². The third-order valence-electron chi connectivity index (χ3n) is 4.17. The average molecular weight is 372 g/mol. The predicted molar refractivity (Wildman–Crippen MR) is 105 cm³/mol. The molecule has 0 aliphatic heterocycles. The Labute approximate surface area is 159 Å². The smallest absolute Gasteiger partial charge is 0.291 e. The Bertz CT molecular complexity index is 1130. The number of amides is 1. The van der Waals surface area contributed by atoms with Crippen LogP contribution >= 0.6 is 0 Å². The zero-order valence-electron chi connectivity index (χ0n) is 14.6. The topological polar surface area (TPSA) is 134 Å². The fourth-order valence-electron chi connectivity index (χ4n) is 2.77. The fourth-order valence-corrected chi connectivity index (χ4v) is 2.77. The highest BCUT2D eigenvalue weighted by Crippen LogP contribution is 2.24. The molecule has 2 aromatic carbocycles. The van der Waals surface area contributed by atoms with E-state index in [1.807, 2.05) is 6.07 Å². The van der Waals surface area contributed by atoms with Gasteiger partial charge in [-0.3, -0.25) is 15.3 Å². The molecule has 0 aliphatic rings. The number of nitrogens with two attached hydrogens (primary N) is 1. The fraction of sp³-hybridized carbons (Fsp3) is 0. The van der Waals surface area contributed by atoms with E-state index in [0.717, 1.165) is 5.56 Å². The summed E-state index contributed by atoms with van der Waals surface area (Å²) >= 11 is 0. The first kappa shape index (κ1) is 17.2. The summed E-state index contributed by atoms with van der Waals surface area (Å²) in [5, 5.41) is 18.0. The Morgan fingerprint density at radius 1 is 1.14 bits per heavy atom. The minimum Gasteiger partial charge on any atom is -0.459 e. The highest BCUT2D eigenvalue weighted by atomic mass is 16.3. The molecule has 8 heteroatoms. The lowest BCUT2D eigenvalue weighted by Crippen LogP contribution is -2.12. The van der Waals surface area contributed by atoms with Crippen LogP contribution < -0.4 is 11.1 Å². The number of nitrogen functional groups attached to an aromatic ring is 1. The molecular formula is C20H16N6O2. The highest BCUT2D eigenvalue weighted by Gasteiger charge is 2.13. The second-order valence-electron chi connectivity index (χ2n) is 6.02. The molecule has 0 saturated carbocycles. The van der Waals surface area contributed by atoms with Crippen molar-refractivity contribution in [3.8, 4) is 11.4 Å². The third kappa shape index (κ3) is 3.38. The predicted octanol–water partition coefficient (Wildman–Crippen LogP) is 3.32. The Morgan fingerprint density at radius 2 is 2.04 bits per heavy atom. The van der Waals surface area contributed by atoms with Gasteiger partial charge in [0.05, 0.1) is 12.0 Å². The second-order valence-corrected chi connectivity index (χ2v) is 6.02. The number of hydrogen-bond acceptors (Lipinski definition) is 6. The number of aromatic nitrogens is 3. The average Bonchev–Trinajstić information content (AvgIpc) is 3.42. The van der Waals surface area contributed by atoms with Gasteiger partial charge in [0.1, 0.15) is 6.33 Å². The van der Waals surface area contributed by atoms with Crippen LogP contribution in [0.4, 0.5) is 11.4 Å². The van der Waals surface area contributed by atoms with Gasteiger partial charge < -0.3 is 15.5 Å². The van der Waals surface area contributed by atoms with Crippen LogP contribution in [0.3, 0.4) is 0 Å². The zero-order valence-corrected chi connectivity index (χ0v) is 14.6. The lowest BCUT2D eigenvalue weighted by molar-refractivity contribution is 0.0996. The molecule has 28 heavy (non-hydrogen) atoms. The van der Waals surface area contributed by atoms with Crippen LogP contribution in [0.5, 0.6) is 0 Å². The van der Waals surface area contributed by atoms with E-state index < -0.39 is 0 Å². The van der Waals surface area contributed by atoms with E-state index in [0.29, 0.717) is 28.3 Å². The molecule has 0 radical (unpaired) electrons. The number of carbonyl (C=O) groups excluding carboxylic acids is 1. The van der Waals surface area contributed by atoms with E-state index in [-0.39, 0.29) is 17.4 Å². The van der Waals surface area contributed by atoms with Crippen molar-refractivity contribution in [2.24, 2.45) is 0 Å². The Hall–Kier alpha value is -4.20. The Morgan fingerprint density at radius 3 is 2.79 bits per heavy atom. The zero-order chi connectivity index (χ0) is 19.5. The maximum Gasteiger partial charge on any atom is 0.291 e. The quantitative estimate of drug-likeness (QED) is 0.315. The van der Waals surface area contributed by atoms with Crippen LogP contribution in [-0.2, 0) is 0 Å². The van der Waals surface area contributed by atoms with Gasteiger partial charge in [-0.25, -0.2) is 4.98 Å². The Kier molecular flexibility index (Phi) is 4.43. The van der Waals surface area contributed by atoms with Crippen LogP contribution in [0.1, 0.15) is 21.7 Å². The number of nitrogens with one attached hydrogen (secondary N) is 3. The van der Waals surface area contributed by atoms with Crippen LogP contribution in [0, 0.1) is 5.41 Å². The molecule has 138 valence electrons. The molecule has 0 fully saturated rings. The van der Waals surface area contributed by atoms with Crippen LogP contribution in [-0.4, -0.2) is 26.8 Å². The van der Waals surface area contributed by atoms with E-state index in [1.165, 1.54) is 12.6 Å². The number of rotatable bonds is 5. The SMILES string of the molecule is N=C(c1cccc(NC(=O)c2ccco2)c1)c1cc(-c2ncn[nH]2)ccc1N. The van der Waals surface area contributed by atoms with E-state index in [1.54, 1.807) is 48.5 Å². The molecule has 4 aromatic rings. The number of H-pyrrole nitrogens is 1. The standard InChI is InChI=1S/C20H16N6O2/c21-16-7-6-13(19-23-11-24-26-19)10-15(16)18(22)12-3-1-4-14(9-12)25-20(27)17-5-2-8-28-17/h1-11,22H,21H2,(H,25,27)(H,23,24,26). The molecule has 0 unspecified atom stereocenters. The first-order valence-corrected chi connectivity index (χ1v) is 8.41. The highest BCUT2D eigenvalue weighted by molar-refractivity contribution is 6.15. The molecule has 1 amide bonds. The van der Waals surface area contributed by atoms with Gasteiger partial charge >= 0.3 is 0 Å². The summed E-state index contributed by atoms with van der Waals surface area (Å²) in [7, 11) is 0. The summed E-state index contributed by atoms with van der Waals surface area (Å²) in [6.07, 6.45) is 2.85. The molecule has 0 saturated heterocycles. The molecule has 2 aromatic heterocycles. The van der Waals surface area contributed by atoms with Crippen molar-refractivity contribution in [1.29, 1.82) is 5.41 Å². The minimum atomic E-state index is -0.361. The second kappa shape index (κ2) is 7.20. The maximum atomic E-state index is 12.2. The molecule has 5 N–H and O–H groups in total. The van der Waals surface area contributed by atoms with E-state index >= 15 is 0 Å². The van der Waals surface area contributed by atoms with Crippen LogP contribution in [0.2, 0.25) is 0 Å². The molecule has 0 bridgehead atoms. The molecule has 0 atom stereocenters. The summed E-state index contributed by atoms with van der Waals surface area (Å²) in [4.78, 5) is 16.3. The first-order chi connectivity index (χ1) is 13.6. The van der Waals surface area contributed by atoms with Crippen molar-refractivity contribution in [2.75, 3.05) is 11.1 Å². The largest absolute Gasteiger partial charge is 0.459 e. The summed E-state index contributed by atoms with van der Waals surface area (Å²) in [5.74, 6) is 0.443. The van der Waals surface area contributed by atoms with E-state index in [2.05, 4.69) is 20.5 Å². The van der Waals surface area contributed by atoms with Gasteiger partial charge in [0.25, 0.3) is 5.91 Å². The van der Waals surface area contributed by atoms with Crippen molar-refractivity contribution in [3.05, 3.63) is 84.1 Å². The van der Waals surface area contributed by atoms with Crippen molar-refractivity contribution < 1.29 is 9.21 Å². The van der Waals surface area contributed by atoms with Gasteiger partial charge in [-0.15, -0.1) is 0 Å². The van der Waals surface area contributed by atoms with Gasteiger partial charge in [0, 0.05) is 28.1 Å². The molecule has 0 aliphatic carbocycles. The monoisotopic (exact) mass is 372 g/mol. The minimum absolute atomic E-state index is 0.212. The number of furan rings is 1. The normalized spacial score (nSPS) is 10.6. The molecule has 2 heterocycles. The van der Waals surface area contributed by atoms with Crippen molar-refractivity contribution in [1.82, 2.24) is 15.2 Å². The first-order valence-electron chi connectivity index (χ1n) is 8.41. The summed E-state index contributed by atoms with van der Waals surface area (Å²) in [6, 6.07) is 15.5. The van der Waals surface area contributed by atoms with Gasteiger partial charge in [-0.2, -0.15) is 5.10 Å². The number of benzene rings is 2.